The van der Waals surface area contributed by atoms with E-state index in [0.717, 1.165) is 27.6 Å². The molecule has 0 fully saturated rings. The maximum absolute atomic E-state index is 11.8. The summed E-state index contributed by atoms with van der Waals surface area (Å²) in [6, 6.07) is 9.93. The van der Waals surface area contributed by atoms with E-state index in [1.807, 2.05) is 48.0 Å². The van der Waals surface area contributed by atoms with E-state index in [0.29, 0.717) is 25.2 Å². The van der Waals surface area contributed by atoms with Crippen molar-refractivity contribution in [1.82, 2.24) is 4.98 Å². The largest absolute Gasteiger partial charge is 0.489 e. The van der Waals surface area contributed by atoms with Crippen LogP contribution in [0.25, 0.3) is 6.08 Å². The van der Waals surface area contributed by atoms with E-state index in [-0.39, 0.29) is 12.0 Å². The first-order valence-corrected chi connectivity index (χ1v) is 12.2. The SMILES string of the molecule is CCOC(=O)/C(C)=C\C(C)=C\c1csc(C(N)Cc2ccc(OCc3ccsc3)cc2)n1. The zero-order chi connectivity index (χ0) is 22.9. The van der Waals surface area contributed by atoms with E-state index >= 15 is 0 Å². The van der Waals surface area contributed by atoms with Gasteiger partial charge in [0.15, 0.2) is 0 Å². The molecule has 0 bridgehead atoms. The fraction of sp³-hybridized carbons (Fsp3) is 0.280. The molecule has 2 aromatic heterocycles. The minimum Gasteiger partial charge on any atom is -0.489 e. The molecule has 1 unspecified atom stereocenters. The molecular weight excluding hydrogens is 440 g/mol. The molecule has 0 radical (unpaired) electrons. The van der Waals surface area contributed by atoms with E-state index in [4.69, 9.17) is 15.2 Å². The number of allylic oxidation sites excluding steroid dienone is 2. The lowest BCUT2D eigenvalue weighted by atomic mass is 10.1. The first-order chi connectivity index (χ1) is 15.4. The summed E-state index contributed by atoms with van der Waals surface area (Å²) in [5, 5.41) is 7.00. The highest BCUT2D eigenvalue weighted by atomic mass is 32.1. The average molecular weight is 469 g/mol. The molecule has 0 saturated heterocycles. The van der Waals surface area contributed by atoms with Crippen molar-refractivity contribution in [1.29, 1.82) is 0 Å². The number of ether oxygens (including phenoxy) is 2. The van der Waals surface area contributed by atoms with Crippen molar-refractivity contribution >= 4 is 34.7 Å². The molecule has 0 saturated carbocycles. The van der Waals surface area contributed by atoms with Gasteiger partial charge in [-0.2, -0.15) is 11.3 Å². The third-order valence-electron chi connectivity index (χ3n) is 4.64. The second-order valence-electron chi connectivity index (χ2n) is 7.42. The van der Waals surface area contributed by atoms with Crippen LogP contribution < -0.4 is 10.5 Å². The Labute approximate surface area is 197 Å². The molecule has 7 heteroatoms. The molecular formula is C25H28N2O3S2. The molecule has 3 rings (SSSR count). The molecule has 2 heterocycles. The second-order valence-corrected chi connectivity index (χ2v) is 9.09. The first kappa shape index (κ1) is 23.9. The molecule has 168 valence electrons. The Bertz CT molecular complexity index is 1070. The summed E-state index contributed by atoms with van der Waals surface area (Å²) in [7, 11) is 0. The van der Waals surface area contributed by atoms with Crippen molar-refractivity contribution in [2.45, 2.75) is 39.8 Å². The van der Waals surface area contributed by atoms with Crippen molar-refractivity contribution in [3.63, 3.8) is 0 Å². The Morgan fingerprint density at radius 3 is 2.62 bits per heavy atom. The standard InChI is InChI=1S/C25H28N2O3S2/c1-4-29-25(28)18(3)11-17(2)12-21-16-32-24(27-21)23(26)13-19-5-7-22(8-6-19)30-14-20-9-10-31-15-20/h5-12,15-16,23H,4,13-14,26H2,1-3H3/b17-12+,18-11-. The van der Waals surface area contributed by atoms with Gasteiger partial charge in [0, 0.05) is 11.0 Å². The van der Waals surface area contributed by atoms with Crippen LogP contribution in [0.3, 0.4) is 0 Å². The molecule has 0 amide bonds. The zero-order valence-corrected chi connectivity index (χ0v) is 20.2. The summed E-state index contributed by atoms with van der Waals surface area (Å²) in [5.41, 5.74) is 11.1. The number of hydrogen-bond acceptors (Lipinski definition) is 7. The molecule has 0 spiro atoms. The third-order valence-corrected chi connectivity index (χ3v) is 6.37. The van der Waals surface area contributed by atoms with Gasteiger partial charge in [0.2, 0.25) is 0 Å². The first-order valence-electron chi connectivity index (χ1n) is 10.4. The fourth-order valence-electron chi connectivity index (χ4n) is 3.06. The molecule has 5 nitrogen and oxygen atoms in total. The van der Waals surface area contributed by atoms with Gasteiger partial charge in [-0.3, -0.25) is 0 Å². The van der Waals surface area contributed by atoms with Crippen LogP contribution in [0.5, 0.6) is 5.75 Å². The van der Waals surface area contributed by atoms with Gasteiger partial charge in [-0.1, -0.05) is 12.1 Å². The summed E-state index contributed by atoms with van der Waals surface area (Å²) >= 11 is 3.21. The lowest BCUT2D eigenvalue weighted by Gasteiger charge is -2.10. The van der Waals surface area contributed by atoms with E-state index in [1.54, 1.807) is 42.6 Å². The van der Waals surface area contributed by atoms with E-state index in [9.17, 15) is 4.79 Å². The summed E-state index contributed by atoms with van der Waals surface area (Å²) in [6.45, 7) is 6.42. The summed E-state index contributed by atoms with van der Waals surface area (Å²) < 4.78 is 10.8. The maximum atomic E-state index is 11.8. The summed E-state index contributed by atoms with van der Waals surface area (Å²) in [4.78, 5) is 16.4. The van der Waals surface area contributed by atoms with Crippen LogP contribution in [-0.2, 0) is 22.6 Å². The number of benzene rings is 1. The Morgan fingerprint density at radius 1 is 1.16 bits per heavy atom. The summed E-state index contributed by atoms with van der Waals surface area (Å²) in [6.07, 6.45) is 4.44. The van der Waals surface area contributed by atoms with Crippen LogP contribution in [-0.4, -0.2) is 17.6 Å². The van der Waals surface area contributed by atoms with Crippen molar-refractivity contribution < 1.29 is 14.3 Å². The van der Waals surface area contributed by atoms with Crippen molar-refractivity contribution in [2.75, 3.05) is 6.61 Å². The Hall–Kier alpha value is -2.74. The van der Waals surface area contributed by atoms with E-state index in [2.05, 4.69) is 16.4 Å². The minimum absolute atomic E-state index is 0.183. The number of rotatable bonds is 10. The second kappa shape index (κ2) is 11.8. The smallest absolute Gasteiger partial charge is 0.333 e. The normalized spacial score (nSPS) is 13.1. The third kappa shape index (κ3) is 7.15. The number of carbonyl (C=O) groups excluding carboxylic acids is 1. The van der Waals surface area contributed by atoms with Gasteiger partial charge >= 0.3 is 5.97 Å². The van der Waals surface area contributed by atoms with Crippen LogP contribution >= 0.6 is 22.7 Å². The van der Waals surface area contributed by atoms with E-state index in [1.165, 1.54) is 5.56 Å². The molecule has 2 N–H and O–H groups in total. The Morgan fingerprint density at radius 2 is 1.94 bits per heavy atom. The van der Waals surface area contributed by atoms with Crippen molar-refractivity contribution in [2.24, 2.45) is 5.73 Å². The lowest BCUT2D eigenvalue weighted by Crippen LogP contribution is -2.13. The fourth-order valence-corrected chi connectivity index (χ4v) is 4.49. The Balaban J connectivity index is 1.56. The monoisotopic (exact) mass is 468 g/mol. The minimum atomic E-state index is -0.302. The molecule has 0 aliphatic carbocycles. The topological polar surface area (TPSA) is 74.4 Å². The molecule has 0 aliphatic heterocycles. The number of nitrogens with two attached hydrogens (primary N) is 1. The van der Waals surface area contributed by atoms with Crippen LogP contribution in [0.15, 0.2) is 63.7 Å². The number of esters is 1. The molecule has 1 aromatic carbocycles. The van der Waals surface area contributed by atoms with Crippen LogP contribution in [0, 0.1) is 0 Å². The maximum Gasteiger partial charge on any atom is 0.333 e. The predicted molar refractivity (Wildman–Crippen MR) is 132 cm³/mol. The van der Waals surface area contributed by atoms with Crippen LogP contribution in [0.1, 0.15) is 48.6 Å². The van der Waals surface area contributed by atoms with Crippen LogP contribution in [0.2, 0.25) is 0 Å². The van der Waals surface area contributed by atoms with Gasteiger partial charge in [0.25, 0.3) is 0 Å². The highest BCUT2D eigenvalue weighted by Crippen LogP contribution is 2.23. The number of aromatic nitrogens is 1. The average Bonchev–Trinajstić information content (AvgIpc) is 3.45. The number of hydrogen-bond donors (Lipinski definition) is 1. The zero-order valence-electron chi connectivity index (χ0n) is 18.5. The van der Waals surface area contributed by atoms with Gasteiger partial charge in [0.05, 0.1) is 18.3 Å². The molecule has 3 aromatic rings. The molecule has 0 aliphatic rings. The van der Waals surface area contributed by atoms with Gasteiger partial charge in [-0.15, -0.1) is 11.3 Å². The highest BCUT2D eigenvalue weighted by molar-refractivity contribution is 7.09. The van der Waals surface area contributed by atoms with Crippen molar-refractivity contribution in [3.8, 4) is 5.75 Å². The summed E-state index contributed by atoms with van der Waals surface area (Å²) in [5.74, 6) is 0.543. The number of thiazole rings is 1. The molecule has 32 heavy (non-hydrogen) atoms. The number of nitrogens with zero attached hydrogens (tertiary/aromatic N) is 1. The predicted octanol–water partition coefficient (Wildman–Crippen LogP) is 5.94. The van der Waals surface area contributed by atoms with Crippen LogP contribution in [0.4, 0.5) is 0 Å². The quantitative estimate of drug-likeness (QED) is 0.226. The highest BCUT2D eigenvalue weighted by Gasteiger charge is 2.12. The van der Waals surface area contributed by atoms with Gasteiger partial charge in [0.1, 0.15) is 17.4 Å². The van der Waals surface area contributed by atoms with E-state index < -0.39 is 0 Å². The number of carbonyl (C=O) groups is 1. The molecule has 1 atom stereocenters. The van der Waals surface area contributed by atoms with Crippen molar-refractivity contribution in [3.05, 3.63) is 85.5 Å². The lowest BCUT2D eigenvalue weighted by molar-refractivity contribution is -0.138. The van der Waals surface area contributed by atoms with Gasteiger partial charge in [-0.05, 0) is 85.0 Å². The van der Waals surface area contributed by atoms with Gasteiger partial charge in [-0.25, -0.2) is 9.78 Å². The Kier molecular flexibility index (Phi) is 8.79. The number of thiophene rings is 1. The van der Waals surface area contributed by atoms with Gasteiger partial charge < -0.3 is 15.2 Å².